The Morgan fingerprint density at radius 1 is 1.86 bits per heavy atom. The van der Waals surface area contributed by atoms with Crippen molar-refractivity contribution in [3.05, 3.63) is 12.7 Å². The predicted octanol–water partition coefficient (Wildman–Crippen LogP) is 1.34. The first kappa shape index (κ1) is 6.41. The van der Waals surface area contributed by atoms with Gasteiger partial charge in [0.05, 0.1) is 0 Å². The van der Waals surface area contributed by atoms with E-state index in [0.29, 0.717) is 6.42 Å². The molecular formula is C6H9O. The lowest BCUT2D eigenvalue weighted by Gasteiger charge is -1.82. The monoisotopic (exact) mass is 97.1 g/mol. The molecule has 0 bridgehead atoms. The first-order valence-electron chi connectivity index (χ1n) is 2.37. The van der Waals surface area contributed by atoms with Gasteiger partial charge in [0.15, 0.2) is 5.78 Å². The number of carbonyl (C=O) groups excluding carboxylic acids is 1. The van der Waals surface area contributed by atoms with Crippen LogP contribution in [-0.2, 0) is 4.79 Å². The molecular weight excluding hydrogens is 88.1 g/mol. The average molecular weight is 97.1 g/mol. The molecule has 0 rings (SSSR count). The van der Waals surface area contributed by atoms with Gasteiger partial charge in [-0.25, -0.2) is 0 Å². The van der Waals surface area contributed by atoms with Crippen molar-refractivity contribution in [2.45, 2.75) is 19.8 Å². The van der Waals surface area contributed by atoms with E-state index in [1.165, 1.54) is 0 Å². The third kappa shape index (κ3) is 3.23. The summed E-state index contributed by atoms with van der Waals surface area (Å²) < 4.78 is 0. The summed E-state index contributed by atoms with van der Waals surface area (Å²) in [5, 5.41) is 0. The molecule has 0 aromatic rings. The van der Waals surface area contributed by atoms with Gasteiger partial charge in [0.25, 0.3) is 0 Å². The van der Waals surface area contributed by atoms with Gasteiger partial charge in [0, 0.05) is 12.5 Å². The van der Waals surface area contributed by atoms with Crippen LogP contribution in [0.5, 0.6) is 0 Å². The lowest BCUT2D eigenvalue weighted by molar-refractivity contribution is -0.115. The van der Waals surface area contributed by atoms with E-state index in [4.69, 9.17) is 0 Å². The highest BCUT2D eigenvalue weighted by Gasteiger charge is 1.88. The van der Waals surface area contributed by atoms with Gasteiger partial charge in [-0.2, -0.15) is 0 Å². The highest BCUT2D eigenvalue weighted by molar-refractivity contribution is 5.84. The Kier molecular flexibility index (Phi) is 3.29. The minimum absolute atomic E-state index is 0.0162. The fraction of sp³-hybridized carbons (Fsp3) is 0.500. The zero-order valence-electron chi connectivity index (χ0n) is 4.53. The van der Waals surface area contributed by atoms with Crippen molar-refractivity contribution >= 4 is 5.78 Å². The second-order valence-electron chi connectivity index (χ2n) is 1.35. The molecule has 0 aromatic heterocycles. The van der Waals surface area contributed by atoms with Crippen LogP contribution in [-0.4, -0.2) is 5.78 Å². The highest BCUT2D eigenvalue weighted by Crippen LogP contribution is 1.86. The number of hydrogen-bond donors (Lipinski definition) is 0. The first-order chi connectivity index (χ1) is 3.31. The van der Waals surface area contributed by atoms with Crippen molar-refractivity contribution < 1.29 is 4.79 Å². The van der Waals surface area contributed by atoms with Gasteiger partial charge >= 0.3 is 0 Å². The third-order valence-corrected chi connectivity index (χ3v) is 0.674. The minimum Gasteiger partial charge on any atom is -0.294 e. The van der Waals surface area contributed by atoms with E-state index in [1.54, 1.807) is 0 Å². The van der Waals surface area contributed by atoms with Crippen LogP contribution in [0.1, 0.15) is 19.8 Å². The van der Waals surface area contributed by atoms with Crippen LogP contribution in [0.15, 0.2) is 6.58 Å². The van der Waals surface area contributed by atoms with E-state index < -0.39 is 0 Å². The van der Waals surface area contributed by atoms with E-state index in [1.807, 2.05) is 6.92 Å². The summed E-state index contributed by atoms with van der Waals surface area (Å²) in [6, 6.07) is 0. The standard InChI is InChI=1S/C6H9O/c1-3-5-6(7)4-2/h2-3,5H2,1H3. The number of Topliss-reactive ketones (excluding diaryl/α,β-unsaturated/α-hetero) is 1. The first-order valence-corrected chi connectivity index (χ1v) is 2.37. The molecule has 0 atom stereocenters. The van der Waals surface area contributed by atoms with Gasteiger partial charge in [-0.05, 0) is 6.42 Å². The molecule has 0 unspecified atom stereocenters. The Morgan fingerprint density at radius 2 is 2.43 bits per heavy atom. The Balaban J connectivity index is 3.17. The van der Waals surface area contributed by atoms with Crippen LogP contribution < -0.4 is 0 Å². The van der Waals surface area contributed by atoms with Crippen LogP contribution in [0, 0.1) is 6.08 Å². The van der Waals surface area contributed by atoms with Crippen molar-refractivity contribution in [3.8, 4) is 0 Å². The summed E-state index contributed by atoms with van der Waals surface area (Å²) in [4.78, 5) is 10.2. The summed E-state index contributed by atoms with van der Waals surface area (Å²) in [7, 11) is 0. The molecule has 1 nitrogen and oxygen atoms in total. The van der Waals surface area contributed by atoms with E-state index in [2.05, 4.69) is 12.7 Å². The van der Waals surface area contributed by atoms with E-state index in [9.17, 15) is 4.79 Å². The Hall–Kier alpha value is -0.590. The summed E-state index contributed by atoms with van der Waals surface area (Å²) in [6.45, 7) is 5.16. The van der Waals surface area contributed by atoms with Crippen LogP contribution in [0.2, 0.25) is 0 Å². The largest absolute Gasteiger partial charge is 0.294 e. The average Bonchev–Trinajstić information content (AvgIpc) is 1.68. The normalized spacial score (nSPS) is 8.14. The van der Waals surface area contributed by atoms with E-state index in [0.717, 1.165) is 6.42 Å². The summed E-state index contributed by atoms with van der Waals surface area (Å²) >= 11 is 0. The Labute approximate surface area is 44.0 Å². The van der Waals surface area contributed by atoms with Gasteiger partial charge in [-0.15, -0.1) is 0 Å². The number of carbonyl (C=O) groups is 1. The van der Waals surface area contributed by atoms with E-state index >= 15 is 0 Å². The molecule has 39 valence electrons. The summed E-state index contributed by atoms with van der Waals surface area (Å²) in [5.74, 6) is 0.0162. The molecule has 0 aliphatic heterocycles. The minimum atomic E-state index is 0.0162. The topological polar surface area (TPSA) is 17.1 Å². The molecule has 0 heterocycles. The lowest BCUT2D eigenvalue weighted by atomic mass is 10.2. The van der Waals surface area contributed by atoms with Gasteiger partial charge < -0.3 is 0 Å². The van der Waals surface area contributed by atoms with Gasteiger partial charge in [-0.3, -0.25) is 4.79 Å². The van der Waals surface area contributed by atoms with Crippen LogP contribution in [0.3, 0.4) is 0 Å². The third-order valence-electron chi connectivity index (χ3n) is 0.674. The Morgan fingerprint density at radius 3 is 2.57 bits per heavy atom. The molecule has 1 heteroatoms. The van der Waals surface area contributed by atoms with Crippen molar-refractivity contribution in [1.29, 1.82) is 0 Å². The quantitative estimate of drug-likeness (QED) is 0.486. The number of allylic oxidation sites excluding steroid dienone is 1. The smallest absolute Gasteiger partial charge is 0.162 e. The van der Waals surface area contributed by atoms with Crippen molar-refractivity contribution in [2.24, 2.45) is 0 Å². The van der Waals surface area contributed by atoms with Crippen molar-refractivity contribution in [2.75, 3.05) is 0 Å². The summed E-state index contributed by atoms with van der Waals surface area (Å²) in [6.07, 6.45) is 3.75. The molecule has 0 aliphatic carbocycles. The molecule has 0 aromatic carbocycles. The lowest BCUT2D eigenvalue weighted by Crippen LogP contribution is -1.88. The zero-order chi connectivity index (χ0) is 5.70. The van der Waals surface area contributed by atoms with Gasteiger partial charge in [-0.1, -0.05) is 13.5 Å². The van der Waals surface area contributed by atoms with Crippen LogP contribution >= 0.6 is 0 Å². The molecule has 0 aliphatic rings. The molecule has 0 spiro atoms. The zero-order valence-corrected chi connectivity index (χ0v) is 4.53. The maximum absolute atomic E-state index is 10.2. The predicted molar refractivity (Wildman–Crippen MR) is 28.8 cm³/mol. The van der Waals surface area contributed by atoms with Gasteiger partial charge in [0.2, 0.25) is 0 Å². The van der Waals surface area contributed by atoms with Crippen molar-refractivity contribution in [3.63, 3.8) is 0 Å². The second kappa shape index (κ2) is 3.59. The number of hydrogen-bond acceptors (Lipinski definition) is 1. The molecule has 0 amide bonds. The molecule has 0 saturated heterocycles. The van der Waals surface area contributed by atoms with Crippen LogP contribution in [0.4, 0.5) is 0 Å². The van der Waals surface area contributed by atoms with E-state index in [-0.39, 0.29) is 5.78 Å². The summed E-state index contributed by atoms with van der Waals surface area (Å²) in [5.41, 5.74) is 0. The SMILES string of the molecule is C=[C]C(=O)CCC. The van der Waals surface area contributed by atoms with Gasteiger partial charge in [0.1, 0.15) is 0 Å². The molecule has 0 N–H and O–H groups in total. The number of rotatable bonds is 3. The highest BCUT2D eigenvalue weighted by atomic mass is 16.1. The second-order valence-corrected chi connectivity index (χ2v) is 1.35. The fourth-order valence-electron chi connectivity index (χ4n) is 0.315. The van der Waals surface area contributed by atoms with Crippen molar-refractivity contribution in [1.82, 2.24) is 0 Å². The number of ketones is 1. The maximum atomic E-state index is 10.2. The molecule has 1 radical (unpaired) electrons. The fourth-order valence-corrected chi connectivity index (χ4v) is 0.315. The molecule has 0 fully saturated rings. The molecule has 0 saturated carbocycles. The Bertz CT molecular complexity index is 74.2. The maximum Gasteiger partial charge on any atom is 0.162 e. The van der Waals surface area contributed by atoms with Crippen LogP contribution in [0.25, 0.3) is 0 Å². The molecule has 7 heavy (non-hydrogen) atoms.